The van der Waals surface area contributed by atoms with Crippen LogP contribution in [-0.2, 0) is 4.79 Å². The van der Waals surface area contributed by atoms with Crippen molar-refractivity contribution < 1.29 is 4.79 Å². The maximum atomic E-state index is 12.4. The molecule has 2 aliphatic rings. The van der Waals surface area contributed by atoms with Gasteiger partial charge < -0.3 is 10.2 Å². The lowest BCUT2D eigenvalue weighted by Crippen LogP contribution is -2.44. The first-order valence-electron chi connectivity index (χ1n) is 8.12. The Hall–Kier alpha value is -1.08. The van der Waals surface area contributed by atoms with Crippen molar-refractivity contribution in [2.45, 2.75) is 51.9 Å². The van der Waals surface area contributed by atoms with Gasteiger partial charge in [-0.1, -0.05) is 26.2 Å². The van der Waals surface area contributed by atoms with Crippen LogP contribution in [0.4, 0.5) is 0 Å². The molecule has 2 fully saturated rings. The lowest BCUT2D eigenvalue weighted by Gasteiger charge is -2.33. The lowest BCUT2D eigenvalue weighted by molar-refractivity contribution is -0.129. The van der Waals surface area contributed by atoms with E-state index >= 15 is 0 Å². The van der Waals surface area contributed by atoms with Gasteiger partial charge in [0.15, 0.2) is 0 Å². The highest BCUT2D eigenvalue weighted by Crippen LogP contribution is 2.35. The van der Waals surface area contributed by atoms with Crippen molar-refractivity contribution in [2.24, 2.45) is 11.3 Å². The number of nitrogens with one attached hydrogen (secondary N) is 1. The highest BCUT2D eigenvalue weighted by Gasteiger charge is 2.39. The third-order valence-electron chi connectivity index (χ3n) is 5.06. The van der Waals surface area contributed by atoms with Gasteiger partial charge in [0.2, 0.25) is 5.91 Å². The fourth-order valence-corrected chi connectivity index (χ4v) is 3.46. The molecule has 0 aromatic rings. The molecule has 0 spiro atoms. The Labute approximate surface area is 122 Å². The van der Waals surface area contributed by atoms with E-state index in [4.69, 9.17) is 0 Å². The molecule has 20 heavy (non-hydrogen) atoms. The number of nitrogens with zero attached hydrogens (tertiary/aromatic N) is 2. The summed E-state index contributed by atoms with van der Waals surface area (Å²) in [5.41, 5.74) is -0.734. The Kier molecular flexibility index (Phi) is 5.42. The van der Waals surface area contributed by atoms with Crippen molar-refractivity contribution in [3.63, 3.8) is 0 Å². The summed E-state index contributed by atoms with van der Waals surface area (Å²) >= 11 is 0. The summed E-state index contributed by atoms with van der Waals surface area (Å²) in [6.07, 6.45) is 6.98. The standard InChI is InChI=1S/C16H27N3O/c1-2-19-10-6-14(7-11-19)12-18-15(20)16(13-17)8-4-3-5-9-16/h14H,2-12H2,1H3,(H,18,20). The number of rotatable bonds is 4. The number of hydrogen-bond donors (Lipinski definition) is 1. The zero-order chi connectivity index (χ0) is 14.4. The van der Waals surface area contributed by atoms with E-state index in [1.807, 2.05) is 0 Å². The van der Waals surface area contributed by atoms with Crippen LogP contribution in [0.5, 0.6) is 0 Å². The number of amides is 1. The van der Waals surface area contributed by atoms with Crippen LogP contribution < -0.4 is 5.32 Å². The van der Waals surface area contributed by atoms with Crippen LogP contribution in [-0.4, -0.2) is 37.0 Å². The van der Waals surface area contributed by atoms with Crippen LogP contribution in [0.25, 0.3) is 0 Å². The Morgan fingerprint density at radius 2 is 1.95 bits per heavy atom. The molecular weight excluding hydrogens is 250 g/mol. The maximum Gasteiger partial charge on any atom is 0.240 e. The van der Waals surface area contributed by atoms with Crippen LogP contribution in [0.15, 0.2) is 0 Å². The van der Waals surface area contributed by atoms with Gasteiger partial charge in [0, 0.05) is 6.54 Å². The van der Waals surface area contributed by atoms with Gasteiger partial charge in [-0.3, -0.25) is 4.79 Å². The van der Waals surface area contributed by atoms with Crippen LogP contribution in [0.2, 0.25) is 0 Å². The average molecular weight is 277 g/mol. The molecular formula is C16H27N3O. The molecule has 2 rings (SSSR count). The first kappa shape index (κ1) is 15.3. The number of likely N-dealkylation sites (tertiary alicyclic amines) is 1. The Morgan fingerprint density at radius 1 is 1.30 bits per heavy atom. The van der Waals surface area contributed by atoms with E-state index in [0.717, 1.165) is 71.1 Å². The minimum atomic E-state index is -0.734. The van der Waals surface area contributed by atoms with Gasteiger partial charge in [-0.2, -0.15) is 5.26 Å². The fraction of sp³-hybridized carbons (Fsp3) is 0.875. The minimum Gasteiger partial charge on any atom is -0.354 e. The van der Waals surface area contributed by atoms with Gasteiger partial charge in [0.1, 0.15) is 5.41 Å². The van der Waals surface area contributed by atoms with Crippen molar-refractivity contribution in [1.82, 2.24) is 10.2 Å². The summed E-state index contributed by atoms with van der Waals surface area (Å²) in [4.78, 5) is 14.8. The summed E-state index contributed by atoms with van der Waals surface area (Å²) in [6, 6.07) is 2.30. The number of piperidine rings is 1. The third kappa shape index (κ3) is 3.52. The maximum absolute atomic E-state index is 12.4. The van der Waals surface area contributed by atoms with Gasteiger partial charge in [-0.25, -0.2) is 0 Å². The van der Waals surface area contributed by atoms with Gasteiger partial charge in [0.25, 0.3) is 0 Å². The molecule has 0 bridgehead atoms. The summed E-state index contributed by atoms with van der Waals surface area (Å²) in [5, 5.41) is 12.5. The Balaban J connectivity index is 1.79. The summed E-state index contributed by atoms with van der Waals surface area (Å²) in [7, 11) is 0. The predicted molar refractivity (Wildman–Crippen MR) is 79.0 cm³/mol. The van der Waals surface area contributed by atoms with Gasteiger partial charge in [0.05, 0.1) is 6.07 Å². The first-order chi connectivity index (χ1) is 9.70. The van der Waals surface area contributed by atoms with E-state index < -0.39 is 5.41 Å². The molecule has 0 atom stereocenters. The quantitative estimate of drug-likeness (QED) is 0.858. The molecule has 1 aliphatic heterocycles. The molecule has 0 aromatic heterocycles. The smallest absolute Gasteiger partial charge is 0.240 e. The second-order valence-electron chi connectivity index (χ2n) is 6.34. The van der Waals surface area contributed by atoms with Gasteiger partial charge in [-0.05, 0) is 51.2 Å². The van der Waals surface area contributed by atoms with Crippen molar-refractivity contribution >= 4 is 5.91 Å². The predicted octanol–water partition coefficient (Wildman–Crippen LogP) is 2.31. The fourth-order valence-electron chi connectivity index (χ4n) is 3.46. The van der Waals surface area contributed by atoms with Crippen molar-refractivity contribution in [2.75, 3.05) is 26.2 Å². The number of hydrogen-bond acceptors (Lipinski definition) is 3. The van der Waals surface area contributed by atoms with E-state index in [9.17, 15) is 10.1 Å². The van der Waals surface area contributed by atoms with E-state index in [1.165, 1.54) is 0 Å². The molecule has 0 unspecified atom stereocenters. The first-order valence-corrected chi connectivity index (χ1v) is 8.12. The lowest BCUT2D eigenvalue weighted by atomic mass is 9.74. The third-order valence-corrected chi connectivity index (χ3v) is 5.06. The minimum absolute atomic E-state index is 0.0161. The second-order valence-corrected chi connectivity index (χ2v) is 6.34. The monoisotopic (exact) mass is 277 g/mol. The Bertz CT molecular complexity index is 360. The molecule has 1 aliphatic carbocycles. The van der Waals surface area contributed by atoms with Crippen LogP contribution in [0.1, 0.15) is 51.9 Å². The van der Waals surface area contributed by atoms with Crippen LogP contribution in [0, 0.1) is 22.7 Å². The van der Waals surface area contributed by atoms with Crippen molar-refractivity contribution in [1.29, 1.82) is 5.26 Å². The number of carbonyl (C=O) groups excluding carboxylic acids is 1. The van der Waals surface area contributed by atoms with Gasteiger partial charge >= 0.3 is 0 Å². The number of carbonyl (C=O) groups is 1. The SMILES string of the molecule is CCN1CCC(CNC(=O)C2(C#N)CCCCC2)CC1. The van der Waals surface area contributed by atoms with Crippen molar-refractivity contribution in [3.05, 3.63) is 0 Å². The molecule has 1 amide bonds. The largest absolute Gasteiger partial charge is 0.354 e. The summed E-state index contributed by atoms with van der Waals surface area (Å²) < 4.78 is 0. The highest BCUT2D eigenvalue weighted by atomic mass is 16.2. The van der Waals surface area contributed by atoms with E-state index in [2.05, 4.69) is 23.2 Å². The van der Waals surface area contributed by atoms with E-state index in [0.29, 0.717) is 5.92 Å². The molecule has 0 aromatic carbocycles. The molecule has 1 N–H and O–H groups in total. The molecule has 4 heteroatoms. The molecule has 1 saturated carbocycles. The number of nitriles is 1. The molecule has 0 radical (unpaired) electrons. The average Bonchev–Trinajstić information content (AvgIpc) is 2.53. The van der Waals surface area contributed by atoms with Crippen LogP contribution in [0.3, 0.4) is 0 Å². The Morgan fingerprint density at radius 3 is 2.50 bits per heavy atom. The van der Waals surface area contributed by atoms with E-state index in [1.54, 1.807) is 0 Å². The molecule has 112 valence electrons. The normalized spacial score (nSPS) is 24.0. The topological polar surface area (TPSA) is 56.1 Å². The molecule has 4 nitrogen and oxygen atoms in total. The van der Waals surface area contributed by atoms with E-state index in [-0.39, 0.29) is 5.91 Å². The molecule has 1 saturated heterocycles. The second kappa shape index (κ2) is 7.08. The van der Waals surface area contributed by atoms with Crippen LogP contribution >= 0.6 is 0 Å². The van der Waals surface area contributed by atoms with Gasteiger partial charge in [-0.15, -0.1) is 0 Å². The zero-order valence-electron chi connectivity index (χ0n) is 12.7. The van der Waals surface area contributed by atoms with Crippen molar-refractivity contribution in [3.8, 4) is 6.07 Å². The zero-order valence-corrected chi connectivity index (χ0v) is 12.7. The summed E-state index contributed by atoms with van der Waals surface area (Å²) in [6.45, 7) is 6.35. The molecule has 1 heterocycles. The summed E-state index contributed by atoms with van der Waals surface area (Å²) in [5.74, 6) is 0.568. The highest BCUT2D eigenvalue weighted by molar-refractivity contribution is 5.85.